The summed E-state index contributed by atoms with van der Waals surface area (Å²) >= 11 is 1.34. The summed E-state index contributed by atoms with van der Waals surface area (Å²) in [4.78, 5) is 54.2. The minimum absolute atomic E-state index is 0.119. The topological polar surface area (TPSA) is 147 Å². The van der Waals surface area contributed by atoms with Crippen LogP contribution in [0.4, 0.5) is 4.79 Å². The van der Waals surface area contributed by atoms with Crippen molar-refractivity contribution in [3.8, 4) is 0 Å². The number of thiazole rings is 1. The minimum atomic E-state index is -1.27. The SMILES string of the molecule is C=C(NC(=O)c1csc(C2CCN(C(=O)OCCCC)CC2)n1)C(=O)N[C@@H](CO)C(=O)OC. The normalized spacial score (nSPS) is 14.8. The molecule has 3 N–H and O–H groups in total. The zero-order valence-corrected chi connectivity index (χ0v) is 19.6. The standard InChI is InChI=1S/C21H30N4O7S/c1-4-5-10-32-21(30)25-8-6-14(7-9-25)19-24-16(12-33-19)18(28)22-13(2)17(27)23-15(11-26)20(29)31-3/h12,14-15,26H,2,4-11H2,1,3H3,(H,22,28)(H,23,27)/t15-/m0/s1. The number of methoxy groups -OCH3 is 1. The van der Waals surface area contributed by atoms with Crippen LogP contribution in [0.3, 0.4) is 0 Å². The first-order valence-electron chi connectivity index (χ1n) is 10.7. The number of carbonyl (C=O) groups is 4. The Morgan fingerprint density at radius 2 is 2.03 bits per heavy atom. The van der Waals surface area contributed by atoms with Crippen molar-refractivity contribution < 1.29 is 33.8 Å². The molecule has 0 unspecified atom stereocenters. The number of piperidine rings is 1. The molecule has 11 nitrogen and oxygen atoms in total. The van der Waals surface area contributed by atoms with Gasteiger partial charge in [0.15, 0.2) is 6.04 Å². The number of aliphatic hydroxyl groups is 1. The average Bonchev–Trinajstić information content (AvgIpc) is 3.32. The molecule has 33 heavy (non-hydrogen) atoms. The quantitative estimate of drug-likeness (QED) is 0.256. The predicted octanol–water partition coefficient (Wildman–Crippen LogP) is 1.15. The van der Waals surface area contributed by atoms with Crippen LogP contribution in [-0.4, -0.2) is 78.3 Å². The number of esters is 1. The second-order valence-electron chi connectivity index (χ2n) is 7.46. The van der Waals surface area contributed by atoms with Gasteiger partial charge in [0.2, 0.25) is 0 Å². The molecule has 182 valence electrons. The minimum Gasteiger partial charge on any atom is -0.467 e. The highest BCUT2D eigenvalue weighted by Gasteiger charge is 2.28. The number of aliphatic hydroxyl groups excluding tert-OH is 1. The van der Waals surface area contributed by atoms with Crippen molar-refractivity contribution in [3.05, 3.63) is 28.4 Å². The summed E-state index contributed by atoms with van der Waals surface area (Å²) in [6, 6.07) is -1.27. The van der Waals surface area contributed by atoms with Gasteiger partial charge in [0.1, 0.15) is 5.69 Å². The molecule has 1 aromatic rings. The predicted molar refractivity (Wildman–Crippen MR) is 120 cm³/mol. The Morgan fingerprint density at radius 3 is 2.64 bits per heavy atom. The molecule has 0 aromatic carbocycles. The highest BCUT2D eigenvalue weighted by atomic mass is 32.1. The van der Waals surface area contributed by atoms with Gasteiger partial charge in [0.25, 0.3) is 11.8 Å². The summed E-state index contributed by atoms with van der Waals surface area (Å²) in [6.45, 7) is 6.39. The number of hydrogen-bond acceptors (Lipinski definition) is 9. The van der Waals surface area contributed by atoms with Crippen LogP contribution >= 0.6 is 11.3 Å². The average molecular weight is 483 g/mol. The number of nitrogens with zero attached hydrogens (tertiary/aromatic N) is 2. The van der Waals surface area contributed by atoms with E-state index >= 15 is 0 Å². The Morgan fingerprint density at radius 1 is 1.33 bits per heavy atom. The van der Waals surface area contributed by atoms with Crippen LogP contribution in [0.5, 0.6) is 0 Å². The van der Waals surface area contributed by atoms with Crippen molar-refractivity contribution in [2.75, 3.05) is 33.4 Å². The van der Waals surface area contributed by atoms with Gasteiger partial charge in [-0.2, -0.15) is 0 Å². The van der Waals surface area contributed by atoms with Crippen molar-refractivity contribution in [3.63, 3.8) is 0 Å². The number of likely N-dealkylation sites (tertiary alicyclic amines) is 1. The zero-order chi connectivity index (χ0) is 24.4. The third-order valence-corrected chi connectivity index (χ3v) is 6.10. The Kier molecular flexibility index (Phi) is 10.3. The maximum atomic E-state index is 12.4. The Hall–Kier alpha value is -2.99. The third kappa shape index (κ3) is 7.53. The van der Waals surface area contributed by atoms with Crippen molar-refractivity contribution in [2.24, 2.45) is 0 Å². The first kappa shape index (κ1) is 26.3. The van der Waals surface area contributed by atoms with Crippen molar-refractivity contribution in [1.29, 1.82) is 0 Å². The molecule has 2 rings (SSSR count). The molecule has 1 atom stereocenters. The van der Waals surface area contributed by atoms with Crippen molar-refractivity contribution in [1.82, 2.24) is 20.5 Å². The van der Waals surface area contributed by atoms with E-state index in [0.717, 1.165) is 25.0 Å². The van der Waals surface area contributed by atoms with Gasteiger partial charge in [-0.05, 0) is 19.3 Å². The van der Waals surface area contributed by atoms with Gasteiger partial charge >= 0.3 is 12.1 Å². The largest absolute Gasteiger partial charge is 0.467 e. The van der Waals surface area contributed by atoms with Gasteiger partial charge in [-0.25, -0.2) is 14.6 Å². The highest BCUT2D eigenvalue weighted by molar-refractivity contribution is 7.09. The lowest BCUT2D eigenvalue weighted by molar-refractivity contribution is -0.145. The fourth-order valence-corrected chi connectivity index (χ4v) is 4.08. The molecule has 0 bridgehead atoms. The molecule has 0 spiro atoms. The molecular weight excluding hydrogens is 452 g/mol. The van der Waals surface area contributed by atoms with Gasteiger partial charge in [0, 0.05) is 24.4 Å². The van der Waals surface area contributed by atoms with Crippen molar-refractivity contribution >= 4 is 35.2 Å². The molecular formula is C21H30N4O7S. The zero-order valence-electron chi connectivity index (χ0n) is 18.8. The fourth-order valence-electron chi connectivity index (χ4n) is 3.11. The monoisotopic (exact) mass is 482 g/mol. The maximum Gasteiger partial charge on any atom is 0.409 e. The number of aromatic nitrogens is 1. The molecule has 1 aliphatic rings. The van der Waals surface area contributed by atoms with Crippen LogP contribution < -0.4 is 10.6 Å². The van der Waals surface area contributed by atoms with E-state index in [1.54, 1.807) is 10.3 Å². The van der Waals surface area contributed by atoms with E-state index in [2.05, 4.69) is 26.9 Å². The summed E-state index contributed by atoms with van der Waals surface area (Å²) in [7, 11) is 1.12. The molecule has 1 fully saturated rings. The van der Waals surface area contributed by atoms with Gasteiger partial charge in [-0.3, -0.25) is 9.59 Å². The molecule has 1 aliphatic heterocycles. The van der Waals surface area contributed by atoms with E-state index in [1.807, 2.05) is 6.92 Å². The molecule has 0 radical (unpaired) electrons. The van der Waals surface area contributed by atoms with Crippen LogP contribution in [0.15, 0.2) is 17.7 Å². The molecule has 0 aliphatic carbocycles. The van der Waals surface area contributed by atoms with E-state index in [9.17, 15) is 24.3 Å². The number of carbonyl (C=O) groups excluding carboxylic acids is 4. The number of unbranched alkanes of at least 4 members (excludes halogenated alkanes) is 1. The van der Waals surface area contributed by atoms with Crippen molar-refractivity contribution in [2.45, 2.75) is 44.6 Å². The Labute approximate surface area is 196 Å². The molecule has 1 saturated heterocycles. The second-order valence-corrected chi connectivity index (χ2v) is 8.35. The van der Waals surface area contributed by atoms with E-state index in [0.29, 0.717) is 32.5 Å². The van der Waals surface area contributed by atoms with Crippen LogP contribution in [0.1, 0.15) is 54.0 Å². The summed E-state index contributed by atoms with van der Waals surface area (Å²) < 4.78 is 9.71. The van der Waals surface area contributed by atoms with E-state index < -0.39 is 30.4 Å². The van der Waals surface area contributed by atoms with Crippen LogP contribution in [0.25, 0.3) is 0 Å². The van der Waals surface area contributed by atoms with E-state index in [1.165, 1.54) is 11.3 Å². The number of hydrogen-bond donors (Lipinski definition) is 3. The van der Waals surface area contributed by atoms with Gasteiger partial charge in [0.05, 0.1) is 31.0 Å². The fraction of sp³-hybridized carbons (Fsp3) is 0.571. The van der Waals surface area contributed by atoms with E-state index in [-0.39, 0.29) is 23.4 Å². The lowest BCUT2D eigenvalue weighted by atomic mass is 9.98. The number of amides is 3. The molecule has 12 heteroatoms. The molecule has 3 amide bonds. The first-order chi connectivity index (χ1) is 15.8. The number of nitrogens with one attached hydrogen (secondary N) is 2. The number of rotatable bonds is 10. The smallest absolute Gasteiger partial charge is 0.409 e. The van der Waals surface area contributed by atoms with Crippen LogP contribution in [0.2, 0.25) is 0 Å². The summed E-state index contributed by atoms with van der Waals surface area (Å²) in [5.74, 6) is -2.16. The lowest BCUT2D eigenvalue weighted by Gasteiger charge is -2.30. The first-order valence-corrected chi connectivity index (χ1v) is 11.6. The highest BCUT2D eigenvalue weighted by Crippen LogP contribution is 2.30. The van der Waals surface area contributed by atoms with E-state index in [4.69, 9.17) is 4.74 Å². The number of ether oxygens (including phenoxy) is 2. The van der Waals surface area contributed by atoms with Crippen LogP contribution in [-0.2, 0) is 19.1 Å². The molecule has 2 heterocycles. The van der Waals surface area contributed by atoms with Gasteiger partial charge in [-0.15, -0.1) is 11.3 Å². The second kappa shape index (κ2) is 12.9. The van der Waals surface area contributed by atoms with Crippen LogP contribution in [0, 0.1) is 0 Å². The Balaban J connectivity index is 1.85. The summed E-state index contributed by atoms with van der Waals surface area (Å²) in [5, 5.41) is 16.1. The third-order valence-electron chi connectivity index (χ3n) is 5.09. The maximum absolute atomic E-state index is 12.4. The molecule has 0 saturated carbocycles. The van der Waals surface area contributed by atoms with Gasteiger partial charge in [-0.1, -0.05) is 19.9 Å². The summed E-state index contributed by atoms with van der Waals surface area (Å²) in [5.41, 5.74) is -0.163. The van der Waals surface area contributed by atoms with Gasteiger partial charge < -0.3 is 30.1 Å². The Bertz CT molecular complexity index is 865. The molecule has 1 aromatic heterocycles. The lowest BCUT2D eigenvalue weighted by Crippen LogP contribution is -2.46. The summed E-state index contributed by atoms with van der Waals surface area (Å²) in [6.07, 6.45) is 2.93.